The van der Waals surface area contributed by atoms with E-state index in [-0.39, 0.29) is 18.6 Å². The predicted molar refractivity (Wildman–Crippen MR) is 117 cm³/mol. The maximum absolute atomic E-state index is 12.8. The highest BCUT2D eigenvalue weighted by Crippen LogP contribution is 2.27. The number of carbonyl (C=O) groups is 2. The van der Waals surface area contributed by atoms with Gasteiger partial charge in [0.05, 0.1) is 17.2 Å². The molecule has 2 unspecified atom stereocenters. The highest BCUT2D eigenvalue weighted by atomic mass is 79.9. The second-order valence-corrected chi connectivity index (χ2v) is 7.91. The van der Waals surface area contributed by atoms with Crippen molar-refractivity contribution in [3.05, 3.63) is 64.1 Å². The normalized spacial score (nSPS) is 16.7. The zero-order valence-electron chi connectivity index (χ0n) is 16.9. The van der Waals surface area contributed by atoms with E-state index >= 15 is 0 Å². The molecule has 0 saturated carbocycles. The molecule has 1 N–H and O–H groups in total. The fraction of sp³-hybridized carbons (Fsp3) is 0.391. The van der Waals surface area contributed by atoms with Gasteiger partial charge < -0.3 is 19.5 Å². The number of benzene rings is 2. The number of carbonyl (C=O) groups excluding carboxylic acids is 2. The number of hydrogen-bond acceptors (Lipinski definition) is 5. The zero-order chi connectivity index (χ0) is 21.3. The first-order chi connectivity index (χ1) is 14.6. The van der Waals surface area contributed by atoms with E-state index < -0.39 is 12.0 Å². The van der Waals surface area contributed by atoms with Crippen molar-refractivity contribution in [2.24, 2.45) is 0 Å². The third-order valence-electron chi connectivity index (χ3n) is 4.80. The number of nitrogens with one attached hydrogen (secondary N) is 1. The minimum Gasteiger partial charge on any atom is -0.490 e. The molecule has 2 atom stereocenters. The van der Waals surface area contributed by atoms with Crippen LogP contribution in [0.2, 0.25) is 0 Å². The van der Waals surface area contributed by atoms with Gasteiger partial charge in [0, 0.05) is 18.6 Å². The van der Waals surface area contributed by atoms with Crippen molar-refractivity contribution < 1.29 is 23.8 Å². The largest absolute Gasteiger partial charge is 0.490 e. The Labute approximate surface area is 185 Å². The molecule has 6 nitrogen and oxygen atoms in total. The Morgan fingerprint density at radius 1 is 1.23 bits per heavy atom. The quantitative estimate of drug-likeness (QED) is 0.556. The smallest absolute Gasteiger partial charge is 0.328 e. The molecule has 1 heterocycles. The Balaban J connectivity index is 1.65. The standard InChI is InChI=1S/C23H26BrNO5/c1-2-28-23(27)20(13-16-7-4-3-5-8-16)25-22(26)17-10-11-21(19(24)14-17)30-15-18-9-6-12-29-18/h3-5,7-8,10-11,14,18,20H,2,6,9,12-13,15H2,1H3,(H,25,26). The average Bonchev–Trinajstić information content (AvgIpc) is 3.27. The summed E-state index contributed by atoms with van der Waals surface area (Å²) in [7, 11) is 0. The van der Waals surface area contributed by atoms with Gasteiger partial charge >= 0.3 is 5.97 Å². The summed E-state index contributed by atoms with van der Waals surface area (Å²) < 4.78 is 17.2. The summed E-state index contributed by atoms with van der Waals surface area (Å²) >= 11 is 3.46. The van der Waals surface area contributed by atoms with E-state index in [2.05, 4.69) is 21.2 Å². The lowest BCUT2D eigenvalue weighted by Gasteiger charge is -2.18. The lowest BCUT2D eigenvalue weighted by Crippen LogP contribution is -2.43. The van der Waals surface area contributed by atoms with Crippen LogP contribution in [0.4, 0.5) is 0 Å². The van der Waals surface area contributed by atoms with E-state index in [1.54, 1.807) is 25.1 Å². The van der Waals surface area contributed by atoms with Crippen LogP contribution in [-0.2, 0) is 20.7 Å². The van der Waals surface area contributed by atoms with Gasteiger partial charge in [-0.2, -0.15) is 0 Å². The van der Waals surface area contributed by atoms with Crippen molar-refractivity contribution in [3.8, 4) is 5.75 Å². The summed E-state index contributed by atoms with van der Waals surface area (Å²) in [6.07, 6.45) is 2.52. The molecule has 2 aromatic carbocycles. The monoisotopic (exact) mass is 475 g/mol. The van der Waals surface area contributed by atoms with Crippen molar-refractivity contribution in [1.82, 2.24) is 5.32 Å². The van der Waals surface area contributed by atoms with Crippen LogP contribution in [0, 0.1) is 0 Å². The van der Waals surface area contributed by atoms with E-state index in [0.717, 1.165) is 25.0 Å². The molecule has 1 amide bonds. The molecule has 2 aromatic rings. The van der Waals surface area contributed by atoms with Gasteiger partial charge in [0.25, 0.3) is 5.91 Å². The first-order valence-electron chi connectivity index (χ1n) is 10.1. The van der Waals surface area contributed by atoms with E-state index in [1.807, 2.05) is 30.3 Å². The average molecular weight is 476 g/mol. The highest BCUT2D eigenvalue weighted by Gasteiger charge is 2.24. The second-order valence-electron chi connectivity index (χ2n) is 7.06. The first kappa shape index (κ1) is 22.3. The molecule has 7 heteroatoms. The van der Waals surface area contributed by atoms with Crippen molar-refractivity contribution in [3.63, 3.8) is 0 Å². The highest BCUT2D eigenvalue weighted by molar-refractivity contribution is 9.10. The van der Waals surface area contributed by atoms with E-state index in [4.69, 9.17) is 14.2 Å². The number of ether oxygens (including phenoxy) is 3. The Morgan fingerprint density at radius 3 is 2.70 bits per heavy atom. The lowest BCUT2D eigenvalue weighted by atomic mass is 10.1. The molecule has 1 saturated heterocycles. The van der Waals surface area contributed by atoms with Gasteiger partial charge in [0.2, 0.25) is 0 Å². The SMILES string of the molecule is CCOC(=O)C(Cc1ccccc1)NC(=O)c1ccc(OCC2CCCO2)c(Br)c1. The van der Waals surface area contributed by atoms with Crippen LogP contribution in [0.25, 0.3) is 0 Å². The molecule has 0 bridgehead atoms. The molecule has 1 aliphatic rings. The summed E-state index contributed by atoms with van der Waals surface area (Å²) in [6, 6.07) is 13.9. The van der Waals surface area contributed by atoms with Crippen LogP contribution in [0.1, 0.15) is 35.7 Å². The van der Waals surface area contributed by atoms with Crippen molar-refractivity contribution in [1.29, 1.82) is 0 Å². The number of esters is 1. The van der Waals surface area contributed by atoms with Crippen molar-refractivity contribution in [2.45, 2.75) is 38.3 Å². The van der Waals surface area contributed by atoms with Crippen LogP contribution < -0.4 is 10.1 Å². The van der Waals surface area contributed by atoms with Crippen LogP contribution in [0.15, 0.2) is 53.0 Å². The van der Waals surface area contributed by atoms with Gasteiger partial charge in [-0.25, -0.2) is 4.79 Å². The maximum atomic E-state index is 12.8. The predicted octanol–water partition coefficient (Wildman–Crippen LogP) is 3.91. The molecule has 0 spiro atoms. The lowest BCUT2D eigenvalue weighted by molar-refractivity contribution is -0.145. The summed E-state index contributed by atoms with van der Waals surface area (Å²) in [5.74, 6) is -0.158. The van der Waals surface area contributed by atoms with E-state index in [0.29, 0.717) is 28.8 Å². The summed E-state index contributed by atoms with van der Waals surface area (Å²) in [4.78, 5) is 25.2. The third kappa shape index (κ3) is 6.31. The number of halogens is 1. The number of amides is 1. The van der Waals surface area contributed by atoms with Crippen molar-refractivity contribution in [2.75, 3.05) is 19.8 Å². The second kappa shape index (κ2) is 11.1. The summed E-state index contributed by atoms with van der Waals surface area (Å²) in [6.45, 7) is 3.25. The van der Waals surface area contributed by atoms with Crippen LogP contribution >= 0.6 is 15.9 Å². The van der Waals surface area contributed by atoms with Crippen molar-refractivity contribution >= 4 is 27.8 Å². The van der Waals surface area contributed by atoms with Gasteiger partial charge in [0.15, 0.2) is 0 Å². The van der Waals surface area contributed by atoms with Gasteiger partial charge in [0.1, 0.15) is 18.4 Å². The van der Waals surface area contributed by atoms with E-state index in [9.17, 15) is 9.59 Å². The Bertz CT molecular complexity index is 852. The zero-order valence-corrected chi connectivity index (χ0v) is 18.5. The Kier molecular flexibility index (Phi) is 8.28. The van der Waals surface area contributed by atoms with E-state index in [1.165, 1.54) is 0 Å². The van der Waals surface area contributed by atoms with Crippen LogP contribution in [0.3, 0.4) is 0 Å². The summed E-state index contributed by atoms with van der Waals surface area (Å²) in [5, 5.41) is 2.79. The molecule has 0 aromatic heterocycles. The molecule has 160 valence electrons. The molecule has 1 aliphatic heterocycles. The fourth-order valence-electron chi connectivity index (χ4n) is 3.25. The Hall–Kier alpha value is -2.38. The first-order valence-corrected chi connectivity index (χ1v) is 10.9. The molecule has 0 radical (unpaired) electrons. The maximum Gasteiger partial charge on any atom is 0.328 e. The summed E-state index contributed by atoms with van der Waals surface area (Å²) in [5.41, 5.74) is 1.36. The van der Waals surface area contributed by atoms with Gasteiger partial charge in [-0.3, -0.25) is 4.79 Å². The molecular weight excluding hydrogens is 450 g/mol. The molecular formula is C23H26BrNO5. The van der Waals surface area contributed by atoms with Gasteiger partial charge in [-0.15, -0.1) is 0 Å². The molecule has 30 heavy (non-hydrogen) atoms. The minimum absolute atomic E-state index is 0.114. The van der Waals surface area contributed by atoms with Gasteiger partial charge in [-0.05, 0) is 59.5 Å². The van der Waals surface area contributed by atoms with Crippen LogP contribution in [0.5, 0.6) is 5.75 Å². The van der Waals surface area contributed by atoms with Gasteiger partial charge in [-0.1, -0.05) is 30.3 Å². The molecule has 1 fully saturated rings. The van der Waals surface area contributed by atoms with Crippen LogP contribution in [-0.4, -0.2) is 43.8 Å². The Morgan fingerprint density at radius 2 is 2.03 bits per heavy atom. The number of rotatable bonds is 9. The molecule has 3 rings (SSSR count). The molecule has 0 aliphatic carbocycles. The number of hydrogen-bond donors (Lipinski definition) is 1. The third-order valence-corrected chi connectivity index (χ3v) is 5.42. The minimum atomic E-state index is -0.769. The topological polar surface area (TPSA) is 73.9 Å². The fourth-order valence-corrected chi connectivity index (χ4v) is 3.74.